The van der Waals surface area contributed by atoms with Gasteiger partial charge in [0.05, 0.1) is 61.6 Å². The zero-order valence-corrected chi connectivity index (χ0v) is 64.0. The maximum absolute atomic E-state index is 14.8. The topological polar surface area (TPSA) is 250 Å². The molecule has 5 amide bonds. The Morgan fingerprint density at radius 3 is 1.47 bits per heavy atom. The molecule has 1 fully saturated rings. The smallest absolute Gasteiger partial charge is 0.252 e. The van der Waals surface area contributed by atoms with Crippen LogP contribution in [0.25, 0.3) is 10.8 Å². The van der Waals surface area contributed by atoms with Crippen LogP contribution in [0.15, 0.2) is 267 Å². The average Bonchev–Trinajstić information content (AvgIpc) is 1.59. The molecule has 6 atom stereocenters. The van der Waals surface area contributed by atoms with Crippen LogP contribution in [-0.2, 0) is 14.4 Å². The first-order chi connectivity index (χ1) is 54.9. The van der Waals surface area contributed by atoms with E-state index in [0.29, 0.717) is 48.7 Å². The standard InChI is InChI=1S/C24H15ClFN3O.C22H15Cl2FN2O2.C21H14ClF2N3O.C20H16Cl2FN3O/c25-20-9-7-15(8-10-20)23(22-12-16-3-1-2-4-19(16)14-28-22)29-24(30)17-5-6-18(13-27)21(26)11-17;23-15-8-6-14(7-9-15)21(20-18(25)10-16(24)12-26-20)27-19(28)11-17(22(27)29)13-4-2-1-3-5-13;1-12-3-2-8-26-19(12)20(13-6-7-16(22)18(24)9-13)27-21(28)14-4-5-15(11-25)17(23)10-14;21-14-8-6-13(7-9-14)18(19-16(23)10-15(22)11-25-19)26-20(27)17(24)12-4-2-1-3-5-12/h1-12,14,23H,(H,29,30);1-10,12,17,21H,11H2;2-10,20H,1H3,(H,27,28);1-11,17-18H,24H2,(H,26,27)/t23-;17?,21-;20-;17?,18-/m0000/s1. The quantitative estimate of drug-likeness (QED) is 0.0491. The third-order valence-corrected chi connectivity index (χ3v) is 19.4. The summed E-state index contributed by atoms with van der Waals surface area (Å²) in [6.45, 7) is 1.81. The Labute approximate surface area is 680 Å². The van der Waals surface area contributed by atoms with Gasteiger partial charge in [-0.25, -0.2) is 22.0 Å². The molecule has 0 spiro atoms. The van der Waals surface area contributed by atoms with Crippen molar-refractivity contribution in [2.75, 3.05) is 0 Å². The Kier molecular flexibility index (Phi) is 27.8. The number of benzene rings is 9. The number of nitriles is 2. The number of aryl methyl sites for hydroxylation is 1. The van der Waals surface area contributed by atoms with E-state index >= 15 is 0 Å². The third kappa shape index (κ3) is 20.5. The summed E-state index contributed by atoms with van der Waals surface area (Å²) in [7, 11) is 0. The van der Waals surface area contributed by atoms with Crippen molar-refractivity contribution in [2.24, 2.45) is 5.73 Å². The molecule has 0 radical (unpaired) electrons. The minimum Gasteiger partial charge on any atom is -0.342 e. The highest BCUT2D eigenvalue weighted by Crippen LogP contribution is 2.40. The van der Waals surface area contributed by atoms with E-state index in [-0.39, 0.29) is 61.0 Å². The van der Waals surface area contributed by atoms with Gasteiger partial charge >= 0.3 is 0 Å². The van der Waals surface area contributed by atoms with Crippen molar-refractivity contribution in [1.29, 1.82) is 10.5 Å². The molecular weight excluding hydrogens is 1590 g/mol. The Morgan fingerprint density at radius 2 is 0.947 bits per heavy atom. The minimum absolute atomic E-state index is 0.0160. The summed E-state index contributed by atoms with van der Waals surface area (Å²) in [5, 5.41) is 30.0. The third-order valence-electron chi connectivity index (χ3n) is 18.0. The highest BCUT2D eigenvalue weighted by atomic mass is 35.5. The number of carbonyl (C=O) groups excluding carboxylic acids is 5. The fourth-order valence-electron chi connectivity index (χ4n) is 12.2. The van der Waals surface area contributed by atoms with Crippen molar-refractivity contribution in [1.82, 2.24) is 40.8 Å². The molecule has 9 aromatic carbocycles. The Morgan fingerprint density at radius 1 is 0.456 bits per heavy atom. The first-order valence-electron chi connectivity index (χ1n) is 34.5. The van der Waals surface area contributed by atoms with Gasteiger partial charge in [0.2, 0.25) is 17.7 Å². The van der Waals surface area contributed by atoms with Gasteiger partial charge < -0.3 is 21.7 Å². The molecule has 0 saturated carbocycles. The van der Waals surface area contributed by atoms with E-state index in [1.807, 2.05) is 79.7 Å². The summed E-state index contributed by atoms with van der Waals surface area (Å²) in [6, 6.07) is 64.7. The van der Waals surface area contributed by atoms with Gasteiger partial charge in [-0.2, -0.15) is 10.5 Å². The molecule has 570 valence electrons. The fraction of sp³-hybridized carbons (Fsp3) is 0.0920. The number of imide groups is 1. The van der Waals surface area contributed by atoms with Gasteiger partial charge in [0.1, 0.15) is 64.7 Å². The van der Waals surface area contributed by atoms with Gasteiger partial charge in [0.25, 0.3) is 11.8 Å². The van der Waals surface area contributed by atoms with E-state index in [2.05, 4.69) is 35.9 Å². The van der Waals surface area contributed by atoms with Crippen LogP contribution in [0.2, 0.25) is 30.1 Å². The number of hydrogen-bond donors (Lipinski definition) is 4. The lowest BCUT2D eigenvalue weighted by Crippen LogP contribution is -2.37. The predicted octanol–water partition coefficient (Wildman–Crippen LogP) is 19.7. The Balaban J connectivity index is 0.000000150. The molecule has 114 heavy (non-hydrogen) atoms. The second-order valence-corrected chi connectivity index (χ2v) is 28.0. The van der Waals surface area contributed by atoms with Crippen LogP contribution >= 0.6 is 69.6 Å². The number of aromatic nitrogens is 4. The molecule has 5 heterocycles. The summed E-state index contributed by atoms with van der Waals surface area (Å²) < 4.78 is 71.1. The number of fused-ring (bicyclic) bond motifs is 1. The van der Waals surface area contributed by atoms with E-state index in [4.69, 9.17) is 85.9 Å². The van der Waals surface area contributed by atoms with Crippen LogP contribution < -0.4 is 21.7 Å². The van der Waals surface area contributed by atoms with Gasteiger partial charge in [0.15, 0.2) is 0 Å². The second kappa shape index (κ2) is 38.3. The summed E-state index contributed by atoms with van der Waals surface area (Å²) in [6.07, 6.45) is 5.95. The van der Waals surface area contributed by atoms with Crippen molar-refractivity contribution < 1.29 is 45.9 Å². The average molecular weight is 1650 g/mol. The summed E-state index contributed by atoms with van der Waals surface area (Å²) in [4.78, 5) is 82.6. The number of halogens is 11. The van der Waals surface area contributed by atoms with Gasteiger partial charge in [-0.15, -0.1) is 0 Å². The molecule has 1 saturated heterocycles. The van der Waals surface area contributed by atoms with Crippen molar-refractivity contribution in [3.8, 4) is 12.1 Å². The number of nitrogens with zero attached hydrogens (tertiary/aromatic N) is 7. The van der Waals surface area contributed by atoms with Crippen LogP contribution in [0, 0.1) is 58.7 Å². The number of hydrogen-bond acceptors (Lipinski definition) is 12. The molecule has 0 bridgehead atoms. The first-order valence-corrected chi connectivity index (χ1v) is 36.8. The van der Waals surface area contributed by atoms with Crippen molar-refractivity contribution in [3.63, 3.8) is 0 Å². The van der Waals surface area contributed by atoms with Crippen LogP contribution in [0.4, 0.5) is 22.0 Å². The highest BCUT2D eigenvalue weighted by molar-refractivity contribution is 6.32. The van der Waals surface area contributed by atoms with Crippen molar-refractivity contribution in [2.45, 2.75) is 49.5 Å². The second-order valence-electron chi connectivity index (χ2n) is 25.5. The molecule has 1 aliphatic rings. The maximum atomic E-state index is 14.8. The Bertz CT molecular complexity index is 5800. The van der Waals surface area contributed by atoms with E-state index in [1.165, 1.54) is 48.8 Å². The van der Waals surface area contributed by atoms with Crippen molar-refractivity contribution >= 4 is 110 Å². The van der Waals surface area contributed by atoms with E-state index in [0.717, 1.165) is 56.6 Å². The summed E-state index contributed by atoms with van der Waals surface area (Å²) in [5.74, 6) is -6.41. The first kappa shape index (κ1) is 82.7. The molecule has 1 aliphatic heterocycles. The zero-order chi connectivity index (χ0) is 81.3. The zero-order valence-electron chi connectivity index (χ0n) is 59.5. The SMILES string of the molecule is Cc1cccnc1[C@@H](NC(=O)c1ccc(C#N)c(F)c1)c1ccc(Cl)c(F)c1.N#Cc1ccc(C(=O)N[C@@H](c2ccc(Cl)cc2)c2cc3ccccc3cn2)cc1F.NC(C(=O)N[C@@H](c1ccc(Cl)cc1)c1ncc(Cl)cc1F)c1ccccc1.O=C1CC(c2ccccc2)C(=O)N1[C@@H](c1ccc(Cl)cc1)c1ncc(Cl)cc1F. The van der Waals surface area contributed by atoms with Gasteiger partial charge in [0, 0.05) is 62.8 Å². The highest BCUT2D eigenvalue weighted by Gasteiger charge is 2.45. The minimum atomic E-state index is -1.02. The predicted molar refractivity (Wildman–Crippen MR) is 427 cm³/mol. The van der Waals surface area contributed by atoms with Gasteiger partial charge in [-0.3, -0.25) is 48.8 Å². The van der Waals surface area contributed by atoms with Gasteiger partial charge in [-0.1, -0.05) is 203 Å². The summed E-state index contributed by atoms with van der Waals surface area (Å²) in [5.41, 5.74) is 11.6. The van der Waals surface area contributed by atoms with E-state index in [1.54, 1.807) is 134 Å². The lowest BCUT2D eigenvalue weighted by Gasteiger charge is -2.27. The monoisotopic (exact) mass is 1640 g/mol. The van der Waals surface area contributed by atoms with Crippen LogP contribution in [0.3, 0.4) is 0 Å². The molecule has 5 N–H and O–H groups in total. The van der Waals surface area contributed by atoms with Crippen LogP contribution in [-0.4, -0.2) is 54.4 Å². The maximum Gasteiger partial charge on any atom is 0.252 e. The molecular formula is C87H60Cl6F5N11O5. The number of nitrogens with one attached hydrogen (secondary N) is 3. The largest absolute Gasteiger partial charge is 0.342 e. The number of rotatable bonds is 17. The van der Waals surface area contributed by atoms with Crippen LogP contribution in [0.5, 0.6) is 0 Å². The normalized spacial score (nSPS) is 13.5. The number of pyridine rings is 4. The number of carbonyl (C=O) groups is 5. The molecule has 2 unspecified atom stereocenters. The lowest BCUT2D eigenvalue weighted by atomic mass is 9.97. The van der Waals surface area contributed by atoms with E-state index < -0.39 is 88.8 Å². The molecule has 16 nitrogen and oxygen atoms in total. The van der Waals surface area contributed by atoms with Crippen molar-refractivity contribution in [3.05, 3.63) is 411 Å². The lowest BCUT2D eigenvalue weighted by molar-refractivity contribution is -0.140. The number of likely N-dealkylation sites (tertiary alicyclic amines) is 1. The summed E-state index contributed by atoms with van der Waals surface area (Å²) >= 11 is 35.3. The number of nitrogens with two attached hydrogens (primary N) is 1. The van der Waals surface area contributed by atoms with E-state index in [9.17, 15) is 45.9 Å². The molecule has 27 heteroatoms. The molecule has 0 aliphatic carbocycles. The Hall–Kier alpha value is -12.3. The number of amides is 5. The van der Waals surface area contributed by atoms with Gasteiger partial charge in [-0.05, 0) is 160 Å². The molecule has 13 aromatic rings. The molecule has 14 rings (SSSR count). The fourth-order valence-corrected chi connectivity index (χ4v) is 13.0. The van der Waals surface area contributed by atoms with Crippen LogP contribution in [0.1, 0.15) is 136 Å². The molecule has 4 aromatic heterocycles.